The number of halogens is 1. The van der Waals surface area contributed by atoms with Crippen molar-refractivity contribution >= 4 is 17.5 Å². The molecule has 2 aliphatic rings. The summed E-state index contributed by atoms with van der Waals surface area (Å²) in [6, 6.07) is 13.7. The zero-order chi connectivity index (χ0) is 22.1. The topological polar surface area (TPSA) is 65.0 Å². The van der Waals surface area contributed by atoms with Crippen LogP contribution in [0, 0.1) is 11.7 Å². The van der Waals surface area contributed by atoms with Gasteiger partial charge in [-0.05, 0) is 54.7 Å². The molecule has 0 saturated heterocycles. The molecule has 1 aliphatic carbocycles. The van der Waals surface area contributed by atoms with Crippen molar-refractivity contribution in [1.29, 1.82) is 0 Å². The Hall–Kier alpha value is -3.28. The minimum Gasteiger partial charge on any atom is -0.497 e. The third kappa shape index (κ3) is 3.90. The van der Waals surface area contributed by atoms with Crippen LogP contribution in [0.1, 0.15) is 42.7 Å². The minimum atomic E-state index is -0.757. The molecule has 0 N–H and O–H groups in total. The zero-order valence-electron chi connectivity index (χ0n) is 17.7. The van der Waals surface area contributed by atoms with Crippen LogP contribution in [-0.4, -0.2) is 31.7 Å². The van der Waals surface area contributed by atoms with Gasteiger partial charge in [-0.25, -0.2) is 4.39 Å². The maximum atomic E-state index is 14.0. The predicted molar refractivity (Wildman–Crippen MR) is 115 cm³/mol. The number of ether oxygens (including phenoxy) is 2. The summed E-state index contributed by atoms with van der Waals surface area (Å²) in [6.45, 7) is 1.76. The van der Waals surface area contributed by atoms with E-state index in [0.29, 0.717) is 35.4 Å². The second kappa shape index (κ2) is 8.46. The van der Waals surface area contributed by atoms with Crippen LogP contribution in [0.2, 0.25) is 0 Å². The van der Waals surface area contributed by atoms with Crippen molar-refractivity contribution in [3.63, 3.8) is 0 Å². The van der Waals surface area contributed by atoms with Crippen LogP contribution in [-0.2, 0) is 14.3 Å². The summed E-state index contributed by atoms with van der Waals surface area (Å²) in [4.78, 5) is 30.7. The molecule has 6 heteroatoms. The molecule has 1 heterocycles. The fraction of sp³-hybridized carbons (Fsp3) is 0.320. The van der Waals surface area contributed by atoms with Gasteiger partial charge in [0.2, 0.25) is 0 Å². The Bertz CT molecular complexity index is 1090. The first-order valence-corrected chi connectivity index (χ1v) is 10.2. The maximum absolute atomic E-state index is 14.0. The fourth-order valence-corrected chi connectivity index (χ4v) is 4.66. The summed E-state index contributed by atoms with van der Waals surface area (Å²) in [5.74, 6) is -1.59. The number of benzene rings is 2. The lowest BCUT2D eigenvalue weighted by Gasteiger charge is -2.36. The zero-order valence-corrected chi connectivity index (χ0v) is 17.7. The number of rotatable bonds is 4. The van der Waals surface area contributed by atoms with Crippen LogP contribution in [0.25, 0.3) is 0 Å². The minimum absolute atomic E-state index is 0.0171. The maximum Gasteiger partial charge on any atom is 0.315 e. The third-order valence-electron chi connectivity index (χ3n) is 6.14. The molecule has 5 nitrogen and oxygen atoms in total. The number of allylic oxidation sites excluding steroid dienone is 2. The van der Waals surface area contributed by atoms with Crippen molar-refractivity contribution in [2.45, 2.75) is 31.6 Å². The van der Waals surface area contributed by atoms with Gasteiger partial charge in [0.05, 0.1) is 14.2 Å². The SMILES string of the molecule is COC(=O)C1C(C)=NC2=C(C(=O)C[C@@H](c3ccc(OC)cc3)C2)[C@H]1c1cccc(F)c1. The lowest BCUT2D eigenvalue weighted by Crippen LogP contribution is -2.37. The van der Waals surface area contributed by atoms with Crippen molar-refractivity contribution in [2.75, 3.05) is 14.2 Å². The Morgan fingerprint density at radius 3 is 2.45 bits per heavy atom. The van der Waals surface area contributed by atoms with Gasteiger partial charge >= 0.3 is 5.97 Å². The van der Waals surface area contributed by atoms with Crippen LogP contribution in [0.3, 0.4) is 0 Å². The molecule has 1 unspecified atom stereocenters. The van der Waals surface area contributed by atoms with Gasteiger partial charge in [-0.1, -0.05) is 24.3 Å². The van der Waals surface area contributed by atoms with Gasteiger partial charge in [-0.3, -0.25) is 14.6 Å². The summed E-state index contributed by atoms with van der Waals surface area (Å²) in [5, 5.41) is 0. The largest absolute Gasteiger partial charge is 0.497 e. The van der Waals surface area contributed by atoms with E-state index in [2.05, 4.69) is 4.99 Å². The van der Waals surface area contributed by atoms with Gasteiger partial charge in [0.1, 0.15) is 17.5 Å². The van der Waals surface area contributed by atoms with Crippen LogP contribution in [0.15, 0.2) is 64.8 Å². The van der Waals surface area contributed by atoms with Crippen molar-refractivity contribution in [3.05, 3.63) is 76.7 Å². The standard InChI is InChI=1S/C25H24FNO4/c1-14-22(25(29)31-3)23(16-5-4-6-18(26)11-16)24-20(27-14)12-17(13-21(24)28)15-7-9-19(30-2)10-8-15/h4-11,17,22-23H,12-13H2,1-3H3/t17-,22?,23-/m0/s1. The molecule has 160 valence electrons. The number of Topliss-reactive ketones (excluding diaryl/α,β-unsaturated/α-hetero) is 1. The van der Waals surface area contributed by atoms with E-state index < -0.39 is 23.6 Å². The number of esters is 1. The molecule has 2 aromatic carbocycles. The summed E-state index contributed by atoms with van der Waals surface area (Å²) in [6.07, 6.45) is 0.879. The second-order valence-electron chi connectivity index (χ2n) is 7.95. The lowest BCUT2D eigenvalue weighted by atomic mass is 9.69. The normalized spacial score (nSPS) is 23.2. The molecule has 0 bridgehead atoms. The summed E-state index contributed by atoms with van der Waals surface area (Å²) < 4.78 is 24.3. The molecule has 0 radical (unpaired) electrons. The number of hydrogen-bond acceptors (Lipinski definition) is 5. The van der Waals surface area contributed by atoms with Crippen molar-refractivity contribution in [3.8, 4) is 5.75 Å². The predicted octanol–water partition coefficient (Wildman–Crippen LogP) is 4.58. The summed E-state index contributed by atoms with van der Waals surface area (Å²) in [7, 11) is 2.92. The van der Waals surface area contributed by atoms with E-state index in [-0.39, 0.29) is 11.7 Å². The van der Waals surface area contributed by atoms with Crippen molar-refractivity contribution in [2.24, 2.45) is 10.9 Å². The Kier molecular flexibility index (Phi) is 5.72. The Morgan fingerprint density at radius 2 is 1.81 bits per heavy atom. The van der Waals surface area contributed by atoms with Gasteiger partial charge in [0, 0.05) is 29.3 Å². The lowest BCUT2D eigenvalue weighted by molar-refractivity contribution is -0.143. The van der Waals surface area contributed by atoms with E-state index in [1.165, 1.54) is 19.2 Å². The van der Waals surface area contributed by atoms with Crippen LogP contribution in [0.4, 0.5) is 4.39 Å². The van der Waals surface area contributed by atoms with Crippen LogP contribution >= 0.6 is 0 Å². The fourth-order valence-electron chi connectivity index (χ4n) is 4.66. The molecule has 3 atom stereocenters. The van der Waals surface area contributed by atoms with E-state index in [1.807, 2.05) is 24.3 Å². The van der Waals surface area contributed by atoms with Crippen molar-refractivity contribution < 1.29 is 23.5 Å². The Labute approximate surface area is 180 Å². The molecular weight excluding hydrogens is 397 g/mol. The van der Waals surface area contributed by atoms with E-state index in [0.717, 1.165) is 11.3 Å². The smallest absolute Gasteiger partial charge is 0.315 e. The monoisotopic (exact) mass is 421 g/mol. The first-order valence-electron chi connectivity index (χ1n) is 10.2. The number of nitrogens with zero attached hydrogens (tertiary/aromatic N) is 1. The molecule has 4 rings (SSSR count). The summed E-state index contributed by atoms with van der Waals surface area (Å²) in [5.41, 5.74) is 3.35. The van der Waals surface area contributed by atoms with Crippen molar-refractivity contribution in [1.82, 2.24) is 0 Å². The second-order valence-corrected chi connectivity index (χ2v) is 7.95. The molecule has 0 fully saturated rings. The van der Waals surface area contributed by atoms with Gasteiger partial charge in [-0.15, -0.1) is 0 Å². The van der Waals surface area contributed by atoms with Gasteiger partial charge in [0.15, 0.2) is 5.78 Å². The number of aliphatic imine (C=N–C) groups is 1. The van der Waals surface area contributed by atoms with Gasteiger partial charge in [-0.2, -0.15) is 0 Å². The highest BCUT2D eigenvalue weighted by Gasteiger charge is 2.44. The molecular formula is C25H24FNO4. The van der Waals surface area contributed by atoms with Crippen LogP contribution in [0.5, 0.6) is 5.75 Å². The van der Waals surface area contributed by atoms with Gasteiger partial charge < -0.3 is 9.47 Å². The average Bonchev–Trinajstić information content (AvgIpc) is 2.77. The average molecular weight is 421 g/mol. The highest BCUT2D eigenvalue weighted by atomic mass is 19.1. The molecule has 0 aromatic heterocycles. The van der Waals surface area contributed by atoms with Gasteiger partial charge in [0.25, 0.3) is 0 Å². The molecule has 31 heavy (non-hydrogen) atoms. The number of carbonyl (C=O) groups is 2. The molecule has 0 saturated carbocycles. The number of hydrogen-bond donors (Lipinski definition) is 0. The molecule has 2 aromatic rings. The number of carbonyl (C=O) groups excluding carboxylic acids is 2. The molecule has 1 aliphatic heterocycles. The first-order chi connectivity index (χ1) is 14.9. The van der Waals surface area contributed by atoms with E-state index in [9.17, 15) is 14.0 Å². The number of ketones is 1. The van der Waals surface area contributed by atoms with Crippen LogP contribution < -0.4 is 4.74 Å². The molecule has 0 spiro atoms. The van der Waals surface area contributed by atoms with E-state index in [4.69, 9.17) is 9.47 Å². The van der Waals surface area contributed by atoms with E-state index >= 15 is 0 Å². The number of methoxy groups -OCH3 is 2. The quantitative estimate of drug-likeness (QED) is 0.678. The highest BCUT2D eigenvalue weighted by Crippen LogP contribution is 2.46. The third-order valence-corrected chi connectivity index (χ3v) is 6.14. The Balaban J connectivity index is 1.78. The first kappa shape index (κ1) is 21.0. The summed E-state index contributed by atoms with van der Waals surface area (Å²) >= 11 is 0. The highest BCUT2D eigenvalue weighted by molar-refractivity contribution is 6.09. The Morgan fingerprint density at radius 1 is 1.06 bits per heavy atom. The molecule has 0 amide bonds. The van der Waals surface area contributed by atoms with E-state index in [1.54, 1.807) is 26.2 Å².